The maximum atomic E-state index is 10.3. The van der Waals surface area contributed by atoms with Crippen LogP contribution in [-0.2, 0) is 24.0 Å². The van der Waals surface area contributed by atoms with E-state index >= 15 is 0 Å². The highest BCUT2D eigenvalue weighted by molar-refractivity contribution is 6.32. The summed E-state index contributed by atoms with van der Waals surface area (Å²) in [4.78, 5) is 0. The second-order valence-corrected chi connectivity index (χ2v) is 9.46. The summed E-state index contributed by atoms with van der Waals surface area (Å²) in [6.45, 7) is -0.315. The highest BCUT2D eigenvalue weighted by atomic mass is 35.5. The van der Waals surface area contributed by atoms with Crippen molar-refractivity contribution in [1.29, 1.82) is 0 Å². The molecule has 160 valence electrons. The Labute approximate surface area is 182 Å². The molecule has 3 unspecified atom stereocenters. The van der Waals surface area contributed by atoms with E-state index in [0.717, 1.165) is 47.8 Å². The Morgan fingerprint density at radius 3 is 2.47 bits per heavy atom. The molecule has 3 N–H and O–H groups in total. The van der Waals surface area contributed by atoms with Crippen molar-refractivity contribution >= 4 is 11.6 Å². The molecule has 0 bridgehead atoms. The molecule has 4 nitrogen and oxygen atoms in total. The fourth-order valence-electron chi connectivity index (χ4n) is 5.10. The molecule has 2 aromatic carbocycles. The van der Waals surface area contributed by atoms with Crippen molar-refractivity contribution in [2.24, 2.45) is 0 Å². The van der Waals surface area contributed by atoms with Crippen LogP contribution >= 0.6 is 11.6 Å². The van der Waals surface area contributed by atoms with Gasteiger partial charge >= 0.3 is 0 Å². The third-order valence-electron chi connectivity index (χ3n) is 6.96. The molecule has 1 aliphatic heterocycles. The van der Waals surface area contributed by atoms with Crippen molar-refractivity contribution in [3.05, 3.63) is 68.7 Å². The number of aliphatic hydroxyl groups excluding tert-OH is 3. The topological polar surface area (TPSA) is 69.9 Å². The SMILES string of the molecule is OCC1OC(c2cc(Cc3ccc(C4CC4)cc3)c(Cl)c3c2CCC3)CC(O)[C@@H]1O. The van der Waals surface area contributed by atoms with Gasteiger partial charge in [0.2, 0.25) is 0 Å². The fourth-order valence-corrected chi connectivity index (χ4v) is 5.43. The molecule has 4 atom stereocenters. The number of rotatable bonds is 5. The summed E-state index contributed by atoms with van der Waals surface area (Å²) in [5.41, 5.74) is 7.22. The zero-order valence-corrected chi connectivity index (χ0v) is 17.8. The van der Waals surface area contributed by atoms with E-state index in [4.69, 9.17) is 16.3 Å². The van der Waals surface area contributed by atoms with Crippen LogP contribution in [0.5, 0.6) is 0 Å². The second kappa shape index (κ2) is 8.25. The Bertz CT molecular complexity index is 922. The van der Waals surface area contributed by atoms with Gasteiger partial charge in [0.25, 0.3) is 0 Å². The number of halogens is 1. The van der Waals surface area contributed by atoms with E-state index in [-0.39, 0.29) is 12.7 Å². The molecule has 5 rings (SSSR count). The highest BCUT2D eigenvalue weighted by Gasteiger charge is 2.38. The molecular formula is C25H29ClO4. The first-order chi connectivity index (χ1) is 14.5. The van der Waals surface area contributed by atoms with Gasteiger partial charge in [0, 0.05) is 11.4 Å². The summed E-state index contributed by atoms with van der Waals surface area (Å²) in [5, 5.41) is 30.9. The minimum absolute atomic E-state index is 0.315. The number of hydrogen-bond donors (Lipinski definition) is 3. The second-order valence-electron chi connectivity index (χ2n) is 9.08. The highest BCUT2D eigenvalue weighted by Crippen LogP contribution is 2.42. The van der Waals surface area contributed by atoms with Crippen molar-refractivity contribution in [2.75, 3.05) is 6.61 Å². The van der Waals surface area contributed by atoms with Gasteiger partial charge in [-0.2, -0.15) is 0 Å². The van der Waals surface area contributed by atoms with Crippen LogP contribution in [0.1, 0.15) is 71.1 Å². The predicted molar refractivity (Wildman–Crippen MR) is 116 cm³/mol. The van der Waals surface area contributed by atoms with E-state index in [1.54, 1.807) is 0 Å². The summed E-state index contributed by atoms with van der Waals surface area (Å²) in [6, 6.07) is 11.0. The summed E-state index contributed by atoms with van der Waals surface area (Å²) in [6.07, 6.45) is 3.55. The zero-order chi connectivity index (χ0) is 20.8. The molecular weight excluding hydrogens is 400 g/mol. The Hall–Kier alpha value is -1.43. The van der Waals surface area contributed by atoms with E-state index in [0.29, 0.717) is 6.42 Å². The lowest BCUT2D eigenvalue weighted by Crippen LogP contribution is -2.47. The lowest BCUT2D eigenvalue weighted by molar-refractivity contribution is -0.181. The van der Waals surface area contributed by atoms with Gasteiger partial charge in [-0.05, 0) is 77.8 Å². The molecule has 5 heteroatoms. The van der Waals surface area contributed by atoms with Gasteiger partial charge < -0.3 is 20.1 Å². The van der Waals surface area contributed by atoms with Gasteiger partial charge in [-0.1, -0.05) is 41.9 Å². The number of aliphatic hydroxyl groups is 3. The summed E-state index contributed by atoms with van der Waals surface area (Å²) >= 11 is 6.84. The molecule has 0 aromatic heterocycles. The molecule has 30 heavy (non-hydrogen) atoms. The predicted octanol–water partition coefficient (Wildman–Crippen LogP) is 3.84. The molecule has 1 saturated carbocycles. The molecule has 0 spiro atoms. The van der Waals surface area contributed by atoms with Crippen LogP contribution in [0.2, 0.25) is 5.02 Å². The fraction of sp³-hybridized carbons (Fsp3) is 0.520. The van der Waals surface area contributed by atoms with Crippen molar-refractivity contribution in [1.82, 2.24) is 0 Å². The van der Waals surface area contributed by atoms with Gasteiger partial charge in [0.15, 0.2) is 0 Å². The summed E-state index contributed by atoms with van der Waals surface area (Å²) in [7, 11) is 0. The molecule has 0 amide bonds. The smallest absolute Gasteiger partial charge is 0.110 e. The van der Waals surface area contributed by atoms with Crippen LogP contribution in [-0.4, -0.2) is 40.2 Å². The Morgan fingerprint density at radius 1 is 1.03 bits per heavy atom. The lowest BCUT2D eigenvalue weighted by Gasteiger charge is -2.37. The molecule has 3 aliphatic rings. The summed E-state index contributed by atoms with van der Waals surface area (Å²) < 4.78 is 6.02. The molecule has 2 aromatic rings. The van der Waals surface area contributed by atoms with Crippen molar-refractivity contribution in [3.8, 4) is 0 Å². The van der Waals surface area contributed by atoms with E-state index in [1.807, 2.05) is 0 Å². The van der Waals surface area contributed by atoms with Crippen LogP contribution in [0.3, 0.4) is 0 Å². The Morgan fingerprint density at radius 2 is 1.77 bits per heavy atom. The average molecular weight is 429 g/mol. The van der Waals surface area contributed by atoms with Crippen LogP contribution in [0.4, 0.5) is 0 Å². The summed E-state index contributed by atoms with van der Waals surface area (Å²) in [5.74, 6) is 0.749. The van der Waals surface area contributed by atoms with E-state index in [2.05, 4.69) is 30.3 Å². The van der Waals surface area contributed by atoms with Crippen LogP contribution < -0.4 is 0 Å². The Kier molecular flexibility index (Phi) is 5.63. The zero-order valence-electron chi connectivity index (χ0n) is 17.1. The standard InChI is InChI=1S/C25H29ClO4/c26-24-17(10-14-4-6-15(7-5-14)16-8-9-16)11-20(18-2-1-3-19(18)24)22-12-21(28)25(29)23(13-27)30-22/h4-7,11,16,21-23,25,27-29H,1-3,8-10,12-13H2/t21?,22?,23?,25-/m0/s1. The maximum Gasteiger partial charge on any atom is 0.110 e. The average Bonchev–Trinajstić information content (AvgIpc) is 3.48. The van der Waals surface area contributed by atoms with Crippen LogP contribution in [0.25, 0.3) is 0 Å². The minimum Gasteiger partial charge on any atom is -0.394 e. The number of fused-ring (bicyclic) bond motifs is 1. The third kappa shape index (κ3) is 3.80. The number of benzene rings is 2. The molecule has 0 radical (unpaired) electrons. The van der Waals surface area contributed by atoms with Gasteiger partial charge in [0.05, 0.1) is 18.8 Å². The van der Waals surface area contributed by atoms with Gasteiger partial charge in [-0.15, -0.1) is 0 Å². The molecule has 1 saturated heterocycles. The minimum atomic E-state index is -1.06. The van der Waals surface area contributed by atoms with E-state index in [9.17, 15) is 15.3 Å². The lowest BCUT2D eigenvalue weighted by atomic mass is 9.88. The van der Waals surface area contributed by atoms with Crippen molar-refractivity contribution in [2.45, 2.75) is 75.3 Å². The normalized spacial score (nSPS) is 28.5. The molecule has 2 aliphatic carbocycles. The van der Waals surface area contributed by atoms with Crippen molar-refractivity contribution < 1.29 is 20.1 Å². The third-order valence-corrected chi connectivity index (χ3v) is 7.43. The quantitative estimate of drug-likeness (QED) is 0.676. The van der Waals surface area contributed by atoms with E-state index in [1.165, 1.54) is 35.1 Å². The number of hydrogen-bond acceptors (Lipinski definition) is 4. The van der Waals surface area contributed by atoms with Gasteiger partial charge in [0.1, 0.15) is 12.2 Å². The van der Waals surface area contributed by atoms with Crippen LogP contribution in [0.15, 0.2) is 30.3 Å². The van der Waals surface area contributed by atoms with Crippen molar-refractivity contribution in [3.63, 3.8) is 0 Å². The molecule has 1 heterocycles. The Balaban J connectivity index is 1.47. The maximum absolute atomic E-state index is 10.3. The van der Waals surface area contributed by atoms with E-state index < -0.39 is 18.3 Å². The van der Waals surface area contributed by atoms with Gasteiger partial charge in [-0.3, -0.25) is 0 Å². The first-order valence-corrected chi connectivity index (χ1v) is 11.5. The van der Waals surface area contributed by atoms with Gasteiger partial charge in [-0.25, -0.2) is 0 Å². The first-order valence-electron chi connectivity index (χ1n) is 11.1. The first kappa shape index (κ1) is 20.5. The molecule has 2 fully saturated rings. The monoisotopic (exact) mass is 428 g/mol. The largest absolute Gasteiger partial charge is 0.394 e. The number of ether oxygens (including phenoxy) is 1. The van der Waals surface area contributed by atoms with Crippen LogP contribution in [0, 0.1) is 0 Å².